The van der Waals surface area contributed by atoms with Crippen molar-refractivity contribution in [1.29, 1.82) is 0 Å². The van der Waals surface area contributed by atoms with Gasteiger partial charge in [-0.05, 0) is 30.0 Å². The Kier molecular flexibility index (Phi) is 6.07. The van der Waals surface area contributed by atoms with Crippen LogP contribution in [0.15, 0.2) is 60.7 Å². The minimum atomic E-state index is -0.812. The number of ether oxygens (including phenoxy) is 1. The van der Waals surface area contributed by atoms with Crippen molar-refractivity contribution in [1.82, 2.24) is 0 Å². The number of carbonyl (C=O) groups is 2. The largest absolute Gasteiger partial charge is 0.451 e. The van der Waals surface area contributed by atoms with E-state index in [0.717, 1.165) is 5.56 Å². The highest BCUT2D eigenvalue weighted by Crippen LogP contribution is 2.15. The monoisotopic (exact) mass is 322 g/mol. The summed E-state index contributed by atoms with van der Waals surface area (Å²) in [6.45, 7) is 5.85. The van der Waals surface area contributed by atoms with E-state index in [1.165, 1.54) is 11.6 Å². The molecule has 0 aromatic heterocycles. The second-order valence-corrected chi connectivity index (χ2v) is 5.96. The van der Waals surface area contributed by atoms with Crippen LogP contribution in [0.2, 0.25) is 0 Å². The van der Waals surface area contributed by atoms with Gasteiger partial charge in [-0.2, -0.15) is 0 Å². The van der Waals surface area contributed by atoms with Crippen molar-refractivity contribution in [3.63, 3.8) is 0 Å². The Hall–Kier alpha value is -2.68. The SMILES string of the molecule is CC(C)c1ccc(/C=C/C(=O)O[C@@H](C)C(=O)c2ccccc2)cc1. The van der Waals surface area contributed by atoms with Gasteiger partial charge in [-0.1, -0.05) is 68.4 Å². The number of carbonyl (C=O) groups excluding carboxylic acids is 2. The first-order chi connectivity index (χ1) is 11.5. The molecule has 0 fully saturated rings. The highest BCUT2D eigenvalue weighted by molar-refractivity contribution is 6.00. The molecule has 0 saturated heterocycles. The summed E-state index contributed by atoms with van der Waals surface area (Å²) in [5, 5.41) is 0. The Morgan fingerprint density at radius 1 is 0.917 bits per heavy atom. The zero-order valence-corrected chi connectivity index (χ0v) is 14.2. The molecule has 0 saturated carbocycles. The molecule has 0 spiro atoms. The van der Waals surface area contributed by atoms with Gasteiger partial charge >= 0.3 is 5.97 Å². The van der Waals surface area contributed by atoms with Crippen LogP contribution in [-0.2, 0) is 9.53 Å². The molecule has 3 nitrogen and oxygen atoms in total. The summed E-state index contributed by atoms with van der Waals surface area (Å²) in [6.07, 6.45) is 2.22. The fourth-order valence-corrected chi connectivity index (χ4v) is 2.26. The molecule has 24 heavy (non-hydrogen) atoms. The van der Waals surface area contributed by atoms with Crippen molar-refractivity contribution in [2.75, 3.05) is 0 Å². The third kappa shape index (κ3) is 4.92. The van der Waals surface area contributed by atoms with E-state index >= 15 is 0 Å². The van der Waals surface area contributed by atoms with Crippen molar-refractivity contribution in [3.8, 4) is 0 Å². The van der Waals surface area contributed by atoms with E-state index in [4.69, 9.17) is 4.74 Å². The first-order valence-corrected chi connectivity index (χ1v) is 8.05. The Balaban J connectivity index is 1.93. The van der Waals surface area contributed by atoms with Gasteiger partial charge in [-0.25, -0.2) is 4.79 Å². The second-order valence-electron chi connectivity index (χ2n) is 5.96. The normalized spacial score (nSPS) is 12.3. The number of rotatable bonds is 6. The van der Waals surface area contributed by atoms with Crippen molar-refractivity contribution in [2.45, 2.75) is 32.8 Å². The molecule has 0 radical (unpaired) electrons. The number of hydrogen-bond donors (Lipinski definition) is 0. The van der Waals surface area contributed by atoms with E-state index in [1.54, 1.807) is 37.3 Å². The van der Waals surface area contributed by atoms with Crippen LogP contribution in [0.3, 0.4) is 0 Å². The lowest BCUT2D eigenvalue weighted by molar-refractivity contribution is -0.140. The van der Waals surface area contributed by atoms with Gasteiger partial charge in [0.15, 0.2) is 6.10 Å². The molecular formula is C21H22O3. The van der Waals surface area contributed by atoms with Crippen LogP contribution < -0.4 is 0 Å². The molecule has 0 amide bonds. The number of benzene rings is 2. The molecule has 0 bridgehead atoms. The summed E-state index contributed by atoms with van der Waals surface area (Å²) in [4.78, 5) is 24.0. The topological polar surface area (TPSA) is 43.4 Å². The lowest BCUT2D eigenvalue weighted by atomic mass is 10.0. The average Bonchev–Trinajstić information content (AvgIpc) is 2.60. The molecule has 0 aliphatic carbocycles. The summed E-state index contributed by atoms with van der Waals surface area (Å²) < 4.78 is 5.17. The molecule has 2 rings (SSSR count). The fraction of sp³-hybridized carbons (Fsp3) is 0.238. The van der Waals surface area contributed by atoms with E-state index in [2.05, 4.69) is 13.8 Å². The zero-order chi connectivity index (χ0) is 17.5. The predicted molar refractivity (Wildman–Crippen MR) is 95.9 cm³/mol. The predicted octanol–water partition coefficient (Wildman–Crippen LogP) is 4.64. The molecular weight excluding hydrogens is 300 g/mol. The summed E-state index contributed by atoms with van der Waals surface area (Å²) in [7, 11) is 0. The lowest BCUT2D eigenvalue weighted by Gasteiger charge is -2.10. The fourth-order valence-electron chi connectivity index (χ4n) is 2.26. The van der Waals surface area contributed by atoms with Gasteiger partial charge in [0, 0.05) is 11.6 Å². The summed E-state index contributed by atoms with van der Waals surface area (Å²) in [5.74, 6) is -0.267. The van der Waals surface area contributed by atoms with E-state index < -0.39 is 12.1 Å². The van der Waals surface area contributed by atoms with Crippen LogP contribution >= 0.6 is 0 Å². The lowest BCUT2D eigenvalue weighted by Crippen LogP contribution is -2.23. The smallest absolute Gasteiger partial charge is 0.331 e. The first-order valence-electron chi connectivity index (χ1n) is 8.05. The molecule has 3 heteroatoms. The molecule has 0 N–H and O–H groups in total. The van der Waals surface area contributed by atoms with Gasteiger partial charge in [0.1, 0.15) is 0 Å². The molecule has 2 aromatic rings. The van der Waals surface area contributed by atoms with Crippen molar-refractivity contribution in [2.24, 2.45) is 0 Å². The zero-order valence-electron chi connectivity index (χ0n) is 14.2. The van der Waals surface area contributed by atoms with E-state index in [9.17, 15) is 9.59 Å². The first kappa shape index (κ1) is 17.7. The molecule has 0 unspecified atom stereocenters. The van der Waals surface area contributed by atoms with Gasteiger partial charge in [-0.15, -0.1) is 0 Å². The average molecular weight is 322 g/mol. The second kappa shape index (κ2) is 8.25. The standard InChI is InChI=1S/C21H22O3/c1-15(2)18-12-9-17(10-13-18)11-14-20(22)24-16(3)21(23)19-7-5-4-6-8-19/h4-16H,1-3H3/b14-11+/t16-/m0/s1. The third-order valence-electron chi connectivity index (χ3n) is 3.74. The Morgan fingerprint density at radius 2 is 1.54 bits per heavy atom. The maximum Gasteiger partial charge on any atom is 0.331 e. The molecule has 0 aliphatic heterocycles. The van der Waals surface area contributed by atoms with E-state index in [0.29, 0.717) is 11.5 Å². The molecule has 0 aliphatic rings. The van der Waals surface area contributed by atoms with Crippen LogP contribution in [-0.4, -0.2) is 17.9 Å². The summed E-state index contributed by atoms with van der Waals surface area (Å²) in [5.41, 5.74) is 2.70. The highest BCUT2D eigenvalue weighted by Gasteiger charge is 2.17. The van der Waals surface area contributed by atoms with Crippen LogP contribution in [0.4, 0.5) is 0 Å². The van der Waals surface area contributed by atoms with Gasteiger partial charge in [0.2, 0.25) is 5.78 Å². The van der Waals surface area contributed by atoms with Crippen molar-refractivity contribution in [3.05, 3.63) is 77.4 Å². The van der Waals surface area contributed by atoms with Gasteiger partial charge < -0.3 is 4.74 Å². The molecule has 2 aromatic carbocycles. The van der Waals surface area contributed by atoms with Crippen molar-refractivity contribution < 1.29 is 14.3 Å². The van der Waals surface area contributed by atoms with Gasteiger partial charge in [0.05, 0.1) is 0 Å². The summed E-state index contributed by atoms with van der Waals surface area (Å²) >= 11 is 0. The Bertz CT molecular complexity index is 713. The summed E-state index contributed by atoms with van der Waals surface area (Å²) in [6, 6.07) is 16.8. The maximum atomic E-state index is 12.2. The maximum absolute atomic E-state index is 12.2. The minimum absolute atomic E-state index is 0.210. The van der Waals surface area contributed by atoms with Crippen molar-refractivity contribution >= 4 is 17.8 Å². The van der Waals surface area contributed by atoms with Crippen LogP contribution in [0, 0.1) is 0 Å². The number of ketones is 1. The van der Waals surface area contributed by atoms with Crippen LogP contribution in [0.1, 0.15) is 48.2 Å². The van der Waals surface area contributed by atoms with E-state index in [1.807, 2.05) is 30.3 Å². The quantitative estimate of drug-likeness (QED) is 0.442. The molecule has 1 atom stereocenters. The number of esters is 1. The van der Waals surface area contributed by atoms with Crippen LogP contribution in [0.25, 0.3) is 6.08 Å². The van der Waals surface area contributed by atoms with Gasteiger partial charge in [-0.3, -0.25) is 4.79 Å². The molecule has 124 valence electrons. The highest BCUT2D eigenvalue weighted by atomic mass is 16.5. The Labute approximate surface area is 143 Å². The molecule has 0 heterocycles. The Morgan fingerprint density at radius 3 is 2.12 bits per heavy atom. The third-order valence-corrected chi connectivity index (χ3v) is 3.74. The van der Waals surface area contributed by atoms with Gasteiger partial charge in [0.25, 0.3) is 0 Å². The number of hydrogen-bond acceptors (Lipinski definition) is 3. The van der Waals surface area contributed by atoms with Crippen LogP contribution in [0.5, 0.6) is 0 Å². The minimum Gasteiger partial charge on any atom is -0.451 e. The number of Topliss-reactive ketones (excluding diaryl/α,β-unsaturated/α-hetero) is 1. The van der Waals surface area contributed by atoms with E-state index in [-0.39, 0.29) is 5.78 Å².